The first kappa shape index (κ1) is 31.9. The van der Waals surface area contributed by atoms with Crippen LogP contribution in [-0.4, -0.2) is 4.57 Å². The first-order chi connectivity index (χ1) is 28.3. The number of hydrogen-bond donors (Lipinski definition) is 0. The zero-order valence-electron chi connectivity index (χ0n) is 31.2. The third-order valence-electron chi connectivity index (χ3n) is 12.4. The van der Waals surface area contributed by atoms with Crippen LogP contribution in [0.15, 0.2) is 218 Å². The van der Waals surface area contributed by atoms with E-state index in [1.807, 2.05) is 0 Å². The Bertz CT molecular complexity index is 3150. The third-order valence-corrected chi connectivity index (χ3v) is 12.4. The molecular weight excluding hydrogens is 689 g/mol. The Kier molecular flexibility index (Phi) is 6.88. The molecule has 0 fully saturated rings. The SMILES string of the molecule is c1ccc(-c2ccccc2N(c2ccc3c(c2)-c2ccccc2C32c3ccccc3-c3ccccc32)c2ccc3c(c2)c2ccccc2n3-c2ccccc2)cc1. The van der Waals surface area contributed by atoms with Crippen molar-refractivity contribution in [1.29, 1.82) is 0 Å². The monoisotopic (exact) mass is 724 g/mol. The van der Waals surface area contributed by atoms with Crippen LogP contribution in [-0.2, 0) is 5.41 Å². The van der Waals surface area contributed by atoms with Gasteiger partial charge in [0.05, 0.1) is 22.1 Å². The minimum atomic E-state index is -0.386. The Balaban J connectivity index is 1.13. The molecule has 2 aliphatic rings. The van der Waals surface area contributed by atoms with Gasteiger partial charge >= 0.3 is 0 Å². The Morgan fingerprint density at radius 1 is 0.333 bits per heavy atom. The highest BCUT2D eigenvalue weighted by Crippen LogP contribution is 2.63. The van der Waals surface area contributed by atoms with Crippen molar-refractivity contribution in [3.63, 3.8) is 0 Å². The number of nitrogens with zero attached hydrogens (tertiary/aromatic N) is 2. The molecule has 0 bridgehead atoms. The van der Waals surface area contributed by atoms with Crippen molar-refractivity contribution in [2.45, 2.75) is 5.41 Å². The highest BCUT2D eigenvalue weighted by atomic mass is 15.1. The number of anilines is 3. The van der Waals surface area contributed by atoms with Crippen molar-refractivity contribution in [3.05, 3.63) is 241 Å². The summed E-state index contributed by atoms with van der Waals surface area (Å²) in [6.45, 7) is 0. The van der Waals surface area contributed by atoms with Gasteiger partial charge in [0.1, 0.15) is 0 Å². The van der Waals surface area contributed by atoms with E-state index in [0.717, 1.165) is 22.7 Å². The van der Waals surface area contributed by atoms with E-state index in [1.54, 1.807) is 0 Å². The van der Waals surface area contributed by atoms with Gasteiger partial charge in [0.15, 0.2) is 0 Å². The molecule has 0 radical (unpaired) electrons. The maximum atomic E-state index is 2.47. The number of benzene rings is 9. The second-order valence-corrected chi connectivity index (χ2v) is 15.2. The minimum absolute atomic E-state index is 0.386. The number of aromatic nitrogens is 1. The molecule has 10 aromatic rings. The molecule has 266 valence electrons. The van der Waals surface area contributed by atoms with Crippen molar-refractivity contribution >= 4 is 38.9 Å². The second kappa shape index (κ2) is 12.3. The maximum absolute atomic E-state index is 2.47. The van der Waals surface area contributed by atoms with E-state index in [9.17, 15) is 0 Å². The van der Waals surface area contributed by atoms with Gasteiger partial charge in [0.25, 0.3) is 0 Å². The molecule has 0 saturated heterocycles. The fourth-order valence-corrected chi connectivity index (χ4v) is 10.1. The van der Waals surface area contributed by atoms with Gasteiger partial charge in [-0.25, -0.2) is 0 Å². The molecular formula is C55H36N2. The summed E-state index contributed by atoms with van der Waals surface area (Å²) in [6, 6.07) is 80.4. The molecule has 1 aromatic heterocycles. The van der Waals surface area contributed by atoms with Gasteiger partial charge in [-0.05, 0) is 105 Å². The van der Waals surface area contributed by atoms with E-state index in [1.165, 1.54) is 77.4 Å². The van der Waals surface area contributed by atoms with Crippen LogP contribution in [0.5, 0.6) is 0 Å². The first-order valence-electron chi connectivity index (χ1n) is 19.8. The standard InChI is InChI=1S/C55H36N2/c1-3-17-37(18-4-1)41-21-10-15-29-52(41)56(40-32-34-54-47(36-40)45-25-11-16-30-53(45)57(54)38-19-5-2-6-20-38)39-31-33-51-46(35-39)44-24-9-14-28-50(44)55(51)48-26-12-7-22-42(48)43-23-8-13-27-49(43)55/h1-36H. The maximum Gasteiger partial charge on any atom is 0.0725 e. The fraction of sp³-hybridized carbons (Fsp3) is 0.0182. The largest absolute Gasteiger partial charge is 0.310 e. The van der Waals surface area contributed by atoms with E-state index in [0.29, 0.717) is 0 Å². The van der Waals surface area contributed by atoms with Crippen LogP contribution < -0.4 is 4.90 Å². The van der Waals surface area contributed by atoms with Crippen LogP contribution in [0.4, 0.5) is 17.1 Å². The number of hydrogen-bond acceptors (Lipinski definition) is 1. The highest BCUT2D eigenvalue weighted by molar-refractivity contribution is 6.11. The lowest BCUT2D eigenvalue weighted by Gasteiger charge is -2.31. The normalized spacial score (nSPS) is 13.1. The van der Waals surface area contributed by atoms with E-state index in [-0.39, 0.29) is 5.41 Å². The molecule has 1 spiro atoms. The summed E-state index contributed by atoms with van der Waals surface area (Å²) in [4.78, 5) is 2.47. The van der Waals surface area contributed by atoms with Gasteiger partial charge in [-0.1, -0.05) is 164 Å². The summed E-state index contributed by atoms with van der Waals surface area (Å²) in [5, 5.41) is 2.46. The Morgan fingerprint density at radius 2 is 0.825 bits per heavy atom. The molecule has 2 aliphatic carbocycles. The second-order valence-electron chi connectivity index (χ2n) is 15.2. The lowest BCUT2D eigenvalue weighted by atomic mass is 9.70. The van der Waals surface area contributed by atoms with Gasteiger partial charge in [0.2, 0.25) is 0 Å². The average Bonchev–Trinajstić information content (AvgIpc) is 3.89. The van der Waals surface area contributed by atoms with Crippen molar-refractivity contribution in [1.82, 2.24) is 4.57 Å². The predicted octanol–water partition coefficient (Wildman–Crippen LogP) is 14.3. The summed E-state index contributed by atoms with van der Waals surface area (Å²) >= 11 is 0. The van der Waals surface area contributed by atoms with Crippen LogP contribution >= 0.6 is 0 Å². The van der Waals surface area contributed by atoms with E-state index in [4.69, 9.17) is 0 Å². The lowest BCUT2D eigenvalue weighted by molar-refractivity contribution is 0.794. The molecule has 0 N–H and O–H groups in total. The molecule has 1 heterocycles. The molecule has 0 atom stereocenters. The Hall–Kier alpha value is -7.42. The van der Waals surface area contributed by atoms with Crippen molar-refractivity contribution < 1.29 is 0 Å². The van der Waals surface area contributed by atoms with Crippen LogP contribution in [0, 0.1) is 0 Å². The molecule has 2 heteroatoms. The zero-order chi connectivity index (χ0) is 37.5. The molecule has 0 aliphatic heterocycles. The van der Waals surface area contributed by atoms with Crippen molar-refractivity contribution in [2.75, 3.05) is 4.90 Å². The summed E-state index contributed by atoms with van der Waals surface area (Å²) in [5.74, 6) is 0. The summed E-state index contributed by atoms with van der Waals surface area (Å²) in [6.07, 6.45) is 0. The zero-order valence-corrected chi connectivity index (χ0v) is 31.2. The summed E-state index contributed by atoms with van der Waals surface area (Å²) in [7, 11) is 0. The van der Waals surface area contributed by atoms with Crippen LogP contribution in [0.25, 0.3) is 60.9 Å². The number of para-hydroxylation sites is 3. The van der Waals surface area contributed by atoms with Crippen LogP contribution in [0.1, 0.15) is 22.3 Å². The molecule has 57 heavy (non-hydrogen) atoms. The Labute approximate surface area is 332 Å². The van der Waals surface area contributed by atoms with Gasteiger partial charge in [0, 0.05) is 33.4 Å². The van der Waals surface area contributed by atoms with Gasteiger partial charge < -0.3 is 9.47 Å². The quantitative estimate of drug-likeness (QED) is 0.172. The molecule has 0 amide bonds. The van der Waals surface area contributed by atoms with E-state index >= 15 is 0 Å². The first-order valence-corrected chi connectivity index (χ1v) is 19.8. The molecule has 2 nitrogen and oxygen atoms in total. The van der Waals surface area contributed by atoms with Gasteiger partial charge in [-0.2, -0.15) is 0 Å². The van der Waals surface area contributed by atoms with Crippen molar-refractivity contribution in [3.8, 4) is 39.1 Å². The minimum Gasteiger partial charge on any atom is -0.310 e. The predicted molar refractivity (Wildman–Crippen MR) is 237 cm³/mol. The third kappa shape index (κ3) is 4.47. The molecule has 0 unspecified atom stereocenters. The molecule has 9 aromatic carbocycles. The fourth-order valence-electron chi connectivity index (χ4n) is 10.1. The topological polar surface area (TPSA) is 8.17 Å². The summed E-state index contributed by atoms with van der Waals surface area (Å²) in [5.41, 5.74) is 19.5. The Morgan fingerprint density at radius 3 is 1.53 bits per heavy atom. The van der Waals surface area contributed by atoms with E-state index in [2.05, 4.69) is 228 Å². The molecule has 12 rings (SSSR count). The smallest absolute Gasteiger partial charge is 0.0725 e. The highest BCUT2D eigenvalue weighted by Gasteiger charge is 2.51. The number of fused-ring (bicyclic) bond motifs is 13. The van der Waals surface area contributed by atoms with Crippen LogP contribution in [0.3, 0.4) is 0 Å². The van der Waals surface area contributed by atoms with Gasteiger partial charge in [-0.15, -0.1) is 0 Å². The van der Waals surface area contributed by atoms with Crippen molar-refractivity contribution in [2.24, 2.45) is 0 Å². The summed E-state index contributed by atoms with van der Waals surface area (Å²) < 4.78 is 2.39. The van der Waals surface area contributed by atoms with Crippen LogP contribution in [0.2, 0.25) is 0 Å². The molecule has 0 saturated carbocycles. The number of rotatable bonds is 5. The van der Waals surface area contributed by atoms with Gasteiger partial charge in [-0.3, -0.25) is 0 Å². The lowest BCUT2D eigenvalue weighted by Crippen LogP contribution is -2.25. The average molecular weight is 725 g/mol. The van der Waals surface area contributed by atoms with E-state index < -0.39 is 0 Å².